The van der Waals surface area contributed by atoms with Crippen LogP contribution in [0.2, 0.25) is 0 Å². The third kappa shape index (κ3) is 4.10. The van der Waals surface area contributed by atoms with Crippen molar-refractivity contribution in [2.75, 3.05) is 26.2 Å². The van der Waals surface area contributed by atoms with Crippen LogP contribution >= 0.6 is 0 Å². The van der Waals surface area contributed by atoms with E-state index in [2.05, 4.69) is 19.7 Å². The minimum absolute atomic E-state index is 0.342. The molecule has 2 fully saturated rings. The zero-order chi connectivity index (χ0) is 16.2. The summed E-state index contributed by atoms with van der Waals surface area (Å²) in [7, 11) is 0. The molecule has 1 aromatic rings. The van der Waals surface area contributed by atoms with Crippen molar-refractivity contribution < 1.29 is 4.79 Å². The Labute approximate surface area is 138 Å². The molecule has 3 rings (SSSR count). The van der Waals surface area contributed by atoms with Gasteiger partial charge in [-0.05, 0) is 46.1 Å². The number of aryl methyl sites for hydroxylation is 2. The number of likely N-dealkylation sites (tertiary alicyclic amines) is 2. The first-order valence-corrected chi connectivity index (χ1v) is 9.03. The van der Waals surface area contributed by atoms with E-state index in [1.165, 1.54) is 25.8 Å². The minimum atomic E-state index is 0.342. The first kappa shape index (κ1) is 16.4. The molecule has 2 aliphatic heterocycles. The van der Waals surface area contributed by atoms with Gasteiger partial charge in [-0.25, -0.2) is 9.67 Å². The maximum atomic E-state index is 11.7. The Balaban J connectivity index is 1.51. The van der Waals surface area contributed by atoms with Gasteiger partial charge in [-0.3, -0.25) is 9.69 Å². The topological polar surface area (TPSA) is 54.3 Å². The second kappa shape index (κ2) is 7.43. The average Bonchev–Trinajstić information content (AvgIpc) is 3.07. The highest BCUT2D eigenvalue weighted by Gasteiger charge is 2.24. The number of hydrogen-bond acceptors (Lipinski definition) is 4. The fourth-order valence-electron chi connectivity index (χ4n) is 3.90. The molecule has 3 heterocycles. The Kier molecular flexibility index (Phi) is 5.30. The van der Waals surface area contributed by atoms with Gasteiger partial charge in [-0.15, -0.1) is 0 Å². The molecule has 0 unspecified atom stereocenters. The molecule has 1 atom stereocenters. The summed E-state index contributed by atoms with van der Waals surface area (Å²) in [6.45, 7) is 9.06. The van der Waals surface area contributed by atoms with Crippen molar-refractivity contribution in [2.24, 2.45) is 0 Å². The molecule has 128 valence electrons. The van der Waals surface area contributed by atoms with Crippen LogP contribution in [-0.2, 0) is 11.3 Å². The highest BCUT2D eigenvalue weighted by molar-refractivity contribution is 5.77. The Morgan fingerprint density at radius 2 is 2.00 bits per heavy atom. The van der Waals surface area contributed by atoms with Gasteiger partial charge in [0.25, 0.3) is 0 Å². The lowest BCUT2D eigenvalue weighted by Gasteiger charge is -2.36. The second-order valence-corrected chi connectivity index (χ2v) is 6.91. The van der Waals surface area contributed by atoms with Crippen LogP contribution in [0.25, 0.3) is 0 Å². The Morgan fingerprint density at radius 3 is 2.70 bits per heavy atom. The lowest BCUT2D eigenvalue weighted by molar-refractivity contribution is -0.127. The molecule has 0 spiro atoms. The summed E-state index contributed by atoms with van der Waals surface area (Å²) in [5.41, 5.74) is 0. The van der Waals surface area contributed by atoms with Gasteiger partial charge in [0.2, 0.25) is 5.91 Å². The summed E-state index contributed by atoms with van der Waals surface area (Å²) in [5, 5.41) is 4.52. The van der Waals surface area contributed by atoms with Crippen LogP contribution in [0.5, 0.6) is 0 Å². The lowest BCUT2D eigenvalue weighted by atomic mass is 10.0. The van der Waals surface area contributed by atoms with Gasteiger partial charge in [0.05, 0.1) is 6.54 Å². The van der Waals surface area contributed by atoms with Crippen LogP contribution in [-0.4, -0.2) is 62.7 Å². The third-order valence-corrected chi connectivity index (χ3v) is 5.14. The highest BCUT2D eigenvalue weighted by atomic mass is 16.2. The summed E-state index contributed by atoms with van der Waals surface area (Å²) < 4.78 is 2.06. The van der Waals surface area contributed by atoms with Crippen LogP contribution in [0.4, 0.5) is 0 Å². The molecule has 0 saturated carbocycles. The van der Waals surface area contributed by atoms with E-state index in [0.29, 0.717) is 11.9 Å². The Bertz CT molecular complexity index is 541. The predicted octanol–water partition coefficient (Wildman–Crippen LogP) is 1.76. The summed E-state index contributed by atoms with van der Waals surface area (Å²) in [6, 6.07) is 0.554. The van der Waals surface area contributed by atoms with Crippen molar-refractivity contribution in [3.05, 3.63) is 11.6 Å². The number of rotatable bonds is 6. The summed E-state index contributed by atoms with van der Waals surface area (Å²) in [4.78, 5) is 20.7. The van der Waals surface area contributed by atoms with E-state index >= 15 is 0 Å². The highest BCUT2D eigenvalue weighted by Crippen LogP contribution is 2.19. The number of aromatic nitrogens is 3. The van der Waals surface area contributed by atoms with E-state index < -0.39 is 0 Å². The Hall–Kier alpha value is -1.43. The van der Waals surface area contributed by atoms with E-state index in [4.69, 9.17) is 0 Å². The van der Waals surface area contributed by atoms with E-state index in [0.717, 1.165) is 57.1 Å². The SMILES string of the molecule is Cc1nc(C)n(C[C@H]2CCCCN2CCCN2CCCC2=O)n1. The minimum Gasteiger partial charge on any atom is -0.343 e. The molecule has 2 aliphatic rings. The maximum Gasteiger partial charge on any atom is 0.222 e. The lowest BCUT2D eigenvalue weighted by Crippen LogP contribution is -2.43. The van der Waals surface area contributed by atoms with Crippen LogP contribution in [0.15, 0.2) is 0 Å². The molecule has 1 aromatic heterocycles. The molecular formula is C17H29N5O. The maximum absolute atomic E-state index is 11.7. The molecule has 6 heteroatoms. The fourth-order valence-corrected chi connectivity index (χ4v) is 3.90. The van der Waals surface area contributed by atoms with Gasteiger partial charge in [-0.2, -0.15) is 5.10 Å². The monoisotopic (exact) mass is 319 g/mol. The molecule has 0 aliphatic carbocycles. The largest absolute Gasteiger partial charge is 0.343 e. The summed E-state index contributed by atoms with van der Waals surface area (Å²) >= 11 is 0. The number of carbonyl (C=O) groups excluding carboxylic acids is 1. The Morgan fingerprint density at radius 1 is 1.13 bits per heavy atom. The normalized spacial score (nSPS) is 23.0. The molecular weight excluding hydrogens is 290 g/mol. The number of hydrogen-bond donors (Lipinski definition) is 0. The summed E-state index contributed by atoms with van der Waals surface area (Å²) in [5.74, 6) is 2.21. The summed E-state index contributed by atoms with van der Waals surface area (Å²) in [6.07, 6.45) is 6.69. The average molecular weight is 319 g/mol. The zero-order valence-electron chi connectivity index (χ0n) is 14.5. The molecule has 0 radical (unpaired) electrons. The van der Waals surface area contributed by atoms with E-state index in [-0.39, 0.29) is 0 Å². The van der Waals surface area contributed by atoms with Crippen molar-refractivity contribution >= 4 is 5.91 Å². The molecule has 2 saturated heterocycles. The van der Waals surface area contributed by atoms with Gasteiger partial charge in [0.15, 0.2) is 0 Å². The molecule has 0 bridgehead atoms. The smallest absolute Gasteiger partial charge is 0.222 e. The number of carbonyl (C=O) groups is 1. The van der Waals surface area contributed by atoms with E-state index in [9.17, 15) is 4.79 Å². The van der Waals surface area contributed by atoms with Crippen LogP contribution in [0.1, 0.15) is 50.2 Å². The van der Waals surface area contributed by atoms with Crippen molar-refractivity contribution in [3.63, 3.8) is 0 Å². The number of nitrogens with zero attached hydrogens (tertiary/aromatic N) is 5. The molecule has 1 amide bonds. The number of amides is 1. The second-order valence-electron chi connectivity index (χ2n) is 6.91. The number of piperidine rings is 1. The van der Waals surface area contributed by atoms with Gasteiger partial charge in [-0.1, -0.05) is 6.42 Å². The van der Waals surface area contributed by atoms with Gasteiger partial charge in [0.1, 0.15) is 11.6 Å². The van der Waals surface area contributed by atoms with Crippen molar-refractivity contribution in [1.29, 1.82) is 0 Å². The predicted molar refractivity (Wildman–Crippen MR) is 89.1 cm³/mol. The van der Waals surface area contributed by atoms with Crippen molar-refractivity contribution in [1.82, 2.24) is 24.6 Å². The van der Waals surface area contributed by atoms with Crippen molar-refractivity contribution in [2.45, 2.75) is 65.0 Å². The van der Waals surface area contributed by atoms with Crippen LogP contribution < -0.4 is 0 Å². The standard InChI is InChI=1S/C17H29N5O/c1-14-18-15(2)22(19-14)13-16-7-3-4-9-20(16)11-6-12-21-10-5-8-17(21)23/h16H,3-13H2,1-2H3/t16-/m1/s1. The molecule has 23 heavy (non-hydrogen) atoms. The van der Waals surface area contributed by atoms with E-state index in [1.54, 1.807) is 0 Å². The van der Waals surface area contributed by atoms with Gasteiger partial charge >= 0.3 is 0 Å². The first-order valence-electron chi connectivity index (χ1n) is 9.03. The van der Waals surface area contributed by atoms with Gasteiger partial charge in [0, 0.05) is 32.1 Å². The molecule has 6 nitrogen and oxygen atoms in total. The quantitative estimate of drug-likeness (QED) is 0.802. The molecule has 0 aromatic carbocycles. The van der Waals surface area contributed by atoms with Gasteiger partial charge < -0.3 is 4.90 Å². The van der Waals surface area contributed by atoms with Crippen molar-refractivity contribution in [3.8, 4) is 0 Å². The van der Waals surface area contributed by atoms with E-state index in [1.807, 2.05) is 18.7 Å². The third-order valence-electron chi connectivity index (χ3n) is 5.14. The van der Waals surface area contributed by atoms with Crippen LogP contribution in [0, 0.1) is 13.8 Å². The zero-order valence-corrected chi connectivity index (χ0v) is 14.5. The molecule has 0 N–H and O–H groups in total. The van der Waals surface area contributed by atoms with Crippen LogP contribution in [0.3, 0.4) is 0 Å². The first-order chi connectivity index (χ1) is 11.1. The fraction of sp³-hybridized carbons (Fsp3) is 0.824.